The van der Waals surface area contributed by atoms with Crippen molar-refractivity contribution in [1.29, 1.82) is 0 Å². The minimum Gasteiger partial charge on any atom is -0.277 e. The lowest BCUT2D eigenvalue weighted by atomic mass is 10.1. The first-order valence-electron chi connectivity index (χ1n) is 3.74. The van der Waals surface area contributed by atoms with Crippen LogP contribution >= 0.6 is 0 Å². The highest BCUT2D eigenvalue weighted by atomic mass is 19.1. The quantitative estimate of drug-likeness (QED) is 0.704. The van der Waals surface area contributed by atoms with Gasteiger partial charge in [-0.1, -0.05) is 6.07 Å². The zero-order chi connectivity index (χ0) is 9.84. The molecule has 4 heteroatoms. The van der Waals surface area contributed by atoms with E-state index in [1.54, 1.807) is 13.0 Å². The van der Waals surface area contributed by atoms with Crippen LogP contribution in [0.4, 0.5) is 4.39 Å². The summed E-state index contributed by atoms with van der Waals surface area (Å²) in [5.41, 5.74) is 3.11. The Morgan fingerprint density at radius 1 is 1.54 bits per heavy atom. The molecule has 1 aromatic rings. The molecule has 0 aliphatic carbocycles. The fourth-order valence-electron chi connectivity index (χ4n) is 0.987. The monoisotopic (exact) mass is 183 g/mol. The predicted octanol–water partition coefficient (Wildman–Crippen LogP) is 1.43. The molecule has 0 fully saturated rings. The Morgan fingerprint density at radius 3 is 2.85 bits per heavy atom. The molecule has 0 spiro atoms. The second kappa shape index (κ2) is 4.00. The van der Waals surface area contributed by atoms with E-state index in [9.17, 15) is 9.18 Å². The van der Waals surface area contributed by atoms with E-state index in [4.69, 9.17) is 0 Å². The Bertz CT molecular complexity index is 325. The number of carbonyl (C=O) groups excluding carboxylic acids is 1. The summed E-state index contributed by atoms with van der Waals surface area (Å²) < 4.78 is 12.7. The summed E-state index contributed by atoms with van der Waals surface area (Å²) in [5, 5.41) is 0. The van der Waals surface area contributed by atoms with E-state index in [0.717, 1.165) is 0 Å². The molecule has 0 radical (unpaired) electrons. The van der Waals surface area contributed by atoms with Crippen molar-refractivity contribution in [3.05, 3.63) is 35.1 Å². The number of aryl methyl sites for hydroxylation is 1. The van der Waals surface area contributed by atoms with Gasteiger partial charge in [-0.3, -0.25) is 9.63 Å². The number of halogens is 1. The lowest BCUT2D eigenvalue weighted by Gasteiger charge is -2.04. The molecule has 3 nitrogen and oxygen atoms in total. The lowest BCUT2D eigenvalue weighted by molar-refractivity contribution is 0.0536. The van der Waals surface area contributed by atoms with Gasteiger partial charge in [0.15, 0.2) is 0 Å². The van der Waals surface area contributed by atoms with Crippen molar-refractivity contribution >= 4 is 5.91 Å². The van der Waals surface area contributed by atoms with Crippen LogP contribution in [0, 0.1) is 12.7 Å². The third-order valence-corrected chi connectivity index (χ3v) is 1.64. The third-order valence-electron chi connectivity index (χ3n) is 1.64. The highest BCUT2D eigenvalue weighted by molar-refractivity contribution is 5.94. The second-order valence-electron chi connectivity index (χ2n) is 2.59. The Balaban J connectivity index is 2.99. The van der Waals surface area contributed by atoms with Gasteiger partial charge in [-0.2, -0.15) is 0 Å². The van der Waals surface area contributed by atoms with Gasteiger partial charge in [0.05, 0.1) is 7.11 Å². The molecule has 70 valence electrons. The van der Waals surface area contributed by atoms with Crippen molar-refractivity contribution < 1.29 is 14.0 Å². The molecule has 13 heavy (non-hydrogen) atoms. The summed E-state index contributed by atoms with van der Waals surface area (Å²) >= 11 is 0. The number of hydrogen-bond acceptors (Lipinski definition) is 2. The molecule has 1 aromatic carbocycles. The molecule has 0 saturated heterocycles. The fourth-order valence-corrected chi connectivity index (χ4v) is 0.987. The molecule has 0 aliphatic heterocycles. The van der Waals surface area contributed by atoms with Gasteiger partial charge < -0.3 is 0 Å². The van der Waals surface area contributed by atoms with Gasteiger partial charge in [0, 0.05) is 5.56 Å². The fraction of sp³-hybridized carbons (Fsp3) is 0.222. The molecule has 1 N–H and O–H groups in total. The maximum absolute atomic E-state index is 12.7. The molecule has 0 bridgehead atoms. The number of nitrogens with one attached hydrogen (secondary N) is 1. The van der Waals surface area contributed by atoms with Crippen LogP contribution in [0.3, 0.4) is 0 Å². The van der Waals surface area contributed by atoms with Gasteiger partial charge in [0.1, 0.15) is 5.82 Å². The SMILES string of the molecule is CONC(=O)c1cc(F)ccc1C. The average Bonchev–Trinajstić information content (AvgIpc) is 2.09. The first-order valence-corrected chi connectivity index (χ1v) is 3.74. The van der Waals surface area contributed by atoms with E-state index < -0.39 is 11.7 Å². The number of carbonyl (C=O) groups is 1. The van der Waals surface area contributed by atoms with Crippen molar-refractivity contribution in [3.8, 4) is 0 Å². The van der Waals surface area contributed by atoms with E-state index in [1.807, 2.05) is 0 Å². The molecule has 0 heterocycles. The van der Waals surface area contributed by atoms with E-state index in [2.05, 4.69) is 10.3 Å². The summed E-state index contributed by atoms with van der Waals surface area (Å²) in [4.78, 5) is 15.6. The molecule has 1 rings (SSSR count). The molecular weight excluding hydrogens is 173 g/mol. The smallest absolute Gasteiger partial charge is 0.275 e. The molecular formula is C9H10FNO2. The van der Waals surface area contributed by atoms with Crippen molar-refractivity contribution in [1.82, 2.24) is 5.48 Å². The van der Waals surface area contributed by atoms with Crippen LogP contribution in [0.1, 0.15) is 15.9 Å². The van der Waals surface area contributed by atoms with E-state index in [-0.39, 0.29) is 5.56 Å². The van der Waals surface area contributed by atoms with E-state index in [0.29, 0.717) is 5.56 Å². The van der Waals surface area contributed by atoms with E-state index in [1.165, 1.54) is 19.2 Å². The van der Waals surface area contributed by atoms with Crippen LogP contribution in [0.5, 0.6) is 0 Å². The number of hydroxylamine groups is 1. The van der Waals surface area contributed by atoms with Crippen molar-refractivity contribution in [2.24, 2.45) is 0 Å². The largest absolute Gasteiger partial charge is 0.277 e. The van der Waals surface area contributed by atoms with Crippen LogP contribution in [-0.2, 0) is 4.84 Å². The number of hydrogen-bond donors (Lipinski definition) is 1. The number of benzene rings is 1. The second-order valence-corrected chi connectivity index (χ2v) is 2.59. The van der Waals surface area contributed by atoms with Crippen LogP contribution in [0.25, 0.3) is 0 Å². The normalized spacial score (nSPS) is 9.77. The maximum Gasteiger partial charge on any atom is 0.275 e. The van der Waals surface area contributed by atoms with Crippen molar-refractivity contribution in [2.75, 3.05) is 7.11 Å². The van der Waals surface area contributed by atoms with Crippen LogP contribution in [0.15, 0.2) is 18.2 Å². The molecule has 0 aromatic heterocycles. The highest BCUT2D eigenvalue weighted by Crippen LogP contribution is 2.09. The van der Waals surface area contributed by atoms with Gasteiger partial charge in [-0.05, 0) is 24.6 Å². The van der Waals surface area contributed by atoms with Gasteiger partial charge in [-0.25, -0.2) is 9.87 Å². The topological polar surface area (TPSA) is 38.3 Å². The first kappa shape index (κ1) is 9.67. The zero-order valence-electron chi connectivity index (χ0n) is 7.43. The lowest BCUT2D eigenvalue weighted by Crippen LogP contribution is -2.22. The summed E-state index contributed by atoms with van der Waals surface area (Å²) in [6.07, 6.45) is 0. The van der Waals surface area contributed by atoms with Crippen LogP contribution < -0.4 is 5.48 Å². The van der Waals surface area contributed by atoms with Crippen molar-refractivity contribution in [2.45, 2.75) is 6.92 Å². The minimum absolute atomic E-state index is 0.279. The summed E-state index contributed by atoms with van der Waals surface area (Å²) in [6.45, 7) is 1.73. The maximum atomic E-state index is 12.7. The number of amides is 1. The predicted molar refractivity (Wildman–Crippen MR) is 45.6 cm³/mol. The molecule has 0 unspecified atom stereocenters. The summed E-state index contributed by atoms with van der Waals surface area (Å²) in [7, 11) is 1.33. The van der Waals surface area contributed by atoms with Gasteiger partial charge in [0.25, 0.3) is 5.91 Å². The molecule has 0 aliphatic rings. The average molecular weight is 183 g/mol. The Morgan fingerprint density at radius 2 is 2.23 bits per heavy atom. The Hall–Kier alpha value is -1.42. The standard InChI is InChI=1S/C9H10FNO2/c1-6-3-4-7(10)5-8(6)9(12)11-13-2/h3-5H,1-2H3,(H,11,12). The van der Waals surface area contributed by atoms with E-state index >= 15 is 0 Å². The van der Waals surface area contributed by atoms with Crippen LogP contribution in [0.2, 0.25) is 0 Å². The van der Waals surface area contributed by atoms with Crippen molar-refractivity contribution in [3.63, 3.8) is 0 Å². The Kier molecular flexibility index (Phi) is 2.97. The minimum atomic E-state index is -0.445. The molecule has 1 amide bonds. The molecule has 0 saturated carbocycles. The van der Waals surface area contributed by atoms with Crippen LogP contribution in [-0.4, -0.2) is 13.0 Å². The first-order chi connectivity index (χ1) is 6.15. The zero-order valence-corrected chi connectivity index (χ0v) is 7.43. The Labute approximate surface area is 75.5 Å². The van der Waals surface area contributed by atoms with Gasteiger partial charge >= 0.3 is 0 Å². The summed E-state index contributed by atoms with van der Waals surface area (Å²) in [6, 6.07) is 4.02. The third kappa shape index (κ3) is 2.26. The summed E-state index contributed by atoms with van der Waals surface area (Å²) in [5.74, 6) is -0.883. The highest BCUT2D eigenvalue weighted by Gasteiger charge is 2.08. The van der Waals surface area contributed by atoms with Gasteiger partial charge in [0.2, 0.25) is 0 Å². The van der Waals surface area contributed by atoms with Gasteiger partial charge in [-0.15, -0.1) is 0 Å². The number of rotatable bonds is 2. The molecule has 0 atom stereocenters.